The van der Waals surface area contributed by atoms with Gasteiger partial charge in [-0.05, 0) is 48.2 Å². The highest BCUT2D eigenvalue weighted by atomic mass is 19.4. The minimum absolute atomic E-state index is 0.174. The molecule has 0 bridgehead atoms. The predicted molar refractivity (Wildman–Crippen MR) is 115 cm³/mol. The summed E-state index contributed by atoms with van der Waals surface area (Å²) in [4.78, 5) is 14.1. The van der Waals surface area contributed by atoms with Crippen LogP contribution in [0.4, 0.5) is 19.0 Å². The van der Waals surface area contributed by atoms with E-state index in [-0.39, 0.29) is 18.4 Å². The van der Waals surface area contributed by atoms with Gasteiger partial charge in [-0.15, -0.1) is 5.10 Å². The molecular weight excluding hydrogens is 469 g/mol. The summed E-state index contributed by atoms with van der Waals surface area (Å²) in [6.45, 7) is 2.36. The molecule has 0 N–H and O–H groups in total. The molecule has 0 amide bonds. The molecule has 4 aromatic rings. The first-order chi connectivity index (χ1) is 16.6. The van der Waals surface area contributed by atoms with Gasteiger partial charge in [0.15, 0.2) is 5.60 Å². The Morgan fingerprint density at radius 2 is 1.86 bits per heavy atom. The topological polar surface area (TPSA) is 110 Å². The van der Waals surface area contributed by atoms with E-state index in [0.717, 1.165) is 12.1 Å². The molecule has 0 spiro atoms. The van der Waals surface area contributed by atoms with Crippen molar-refractivity contribution in [1.29, 1.82) is 0 Å². The molecular formula is C22H17F3N6O4. The van der Waals surface area contributed by atoms with Crippen molar-refractivity contribution in [3.8, 4) is 28.7 Å². The molecule has 2 aromatic heterocycles. The Bertz CT molecular complexity index is 1360. The number of benzene rings is 2. The number of rotatable bonds is 6. The fourth-order valence-electron chi connectivity index (χ4n) is 3.64. The molecule has 1 atom stereocenters. The van der Waals surface area contributed by atoms with Crippen molar-refractivity contribution >= 4 is 5.82 Å². The van der Waals surface area contributed by atoms with Gasteiger partial charge in [0.25, 0.3) is 0 Å². The van der Waals surface area contributed by atoms with Gasteiger partial charge in [0.05, 0.1) is 24.0 Å². The number of imidazole rings is 1. The largest absolute Gasteiger partial charge is 0.489 e. The van der Waals surface area contributed by atoms with Crippen LogP contribution < -0.4 is 9.47 Å². The van der Waals surface area contributed by atoms with Crippen LogP contribution in [-0.2, 0) is 12.7 Å². The van der Waals surface area contributed by atoms with Crippen LogP contribution in [0, 0.1) is 10.1 Å². The van der Waals surface area contributed by atoms with Crippen molar-refractivity contribution in [3.63, 3.8) is 0 Å². The third-order valence-electron chi connectivity index (χ3n) is 5.40. The van der Waals surface area contributed by atoms with Gasteiger partial charge in [-0.2, -0.15) is 13.2 Å². The molecule has 1 aliphatic heterocycles. The second-order valence-corrected chi connectivity index (χ2v) is 8.22. The lowest BCUT2D eigenvalue weighted by atomic mass is 10.1. The molecule has 180 valence electrons. The average molecular weight is 486 g/mol. The van der Waals surface area contributed by atoms with E-state index >= 15 is 0 Å². The number of fused-ring (bicyclic) bond motifs is 1. The standard InChI is InChI=1S/C22H17F3N6O4/c1-21(12-29-11-19(31(32)33)26-20(29)35-21)13-34-17-8-6-16(7-9-17)30-10-18(27-28-30)14-2-4-15(5-3-14)22(23,24)25/h2-11H,12-13H2,1H3/t21-/m1/s1. The Balaban J connectivity index is 1.22. The molecule has 35 heavy (non-hydrogen) atoms. The van der Waals surface area contributed by atoms with Crippen molar-refractivity contribution in [3.05, 3.63) is 76.6 Å². The summed E-state index contributed by atoms with van der Waals surface area (Å²) in [5.41, 5.74) is 0.159. The first-order valence-corrected chi connectivity index (χ1v) is 10.3. The van der Waals surface area contributed by atoms with E-state index in [9.17, 15) is 23.3 Å². The van der Waals surface area contributed by atoms with Crippen LogP contribution >= 0.6 is 0 Å². The number of nitrogens with zero attached hydrogens (tertiary/aromatic N) is 6. The Hall–Kier alpha value is -4.42. The molecule has 2 aromatic carbocycles. The lowest BCUT2D eigenvalue weighted by Gasteiger charge is -2.22. The minimum Gasteiger partial charge on any atom is -0.489 e. The monoisotopic (exact) mass is 486 g/mol. The van der Waals surface area contributed by atoms with E-state index in [2.05, 4.69) is 15.3 Å². The number of ether oxygens (including phenoxy) is 2. The number of aromatic nitrogens is 5. The molecule has 0 radical (unpaired) electrons. The van der Waals surface area contributed by atoms with Crippen LogP contribution in [0.3, 0.4) is 0 Å². The first-order valence-electron chi connectivity index (χ1n) is 10.3. The SMILES string of the molecule is C[C@]1(COc2ccc(-n3cc(-c4ccc(C(F)(F)F)cc4)nn3)cc2)Cn2cc([N+](=O)[O-])nc2O1. The zero-order valence-corrected chi connectivity index (χ0v) is 18.1. The molecule has 0 saturated heterocycles. The van der Waals surface area contributed by atoms with Crippen LogP contribution in [0.25, 0.3) is 16.9 Å². The second kappa shape index (κ2) is 8.11. The smallest absolute Gasteiger partial charge is 0.416 e. The zero-order chi connectivity index (χ0) is 24.8. The van der Waals surface area contributed by atoms with E-state index < -0.39 is 22.3 Å². The van der Waals surface area contributed by atoms with Crippen LogP contribution in [0.15, 0.2) is 60.9 Å². The Labute approximate surface area is 195 Å². The van der Waals surface area contributed by atoms with Crippen LogP contribution in [0.5, 0.6) is 11.8 Å². The molecule has 10 nitrogen and oxygen atoms in total. The highest BCUT2D eigenvalue weighted by molar-refractivity contribution is 5.58. The van der Waals surface area contributed by atoms with Gasteiger partial charge in [0.2, 0.25) is 0 Å². The minimum atomic E-state index is -4.40. The molecule has 3 heterocycles. The van der Waals surface area contributed by atoms with Crippen molar-refractivity contribution in [1.82, 2.24) is 24.5 Å². The quantitative estimate of drug-likeness (QED) is 0.295. The van der Waals surface area contributed by atoms with Crippen LogP contribution in [-0.4, -0.2) is 41.7 Å². The molecule has 5 rings (SSSR count). The summed E-state index contributed by atoms with van der Waals surface area (Å²) in [6, 6.07) is 11.9. The third-order valence-corrected chi connectivity index (χ3v) is 5.40. The first kappa shape index (κ1) is 22.4. The van der Waals surface area contributed by atoms with E-state index in [0.29, 0.717) is 29.2 Å². The van der Waals surface area contributed by atoms with Crippen LogP contribution in [0.2, 0.25) is 0 Å². The van der Waals surface area contributed by atoms with Crippen molar-refractivity contribution in [2.24, 2.45) is 0 Å². The maximum atomic E-state index is 12.8. The molecule has 0 unspecified atom stereocenters. The molecule has 0 saturated carbocycles. The lowest BCUT2D eigenvalue weighted by molar-refractivity contribution is -0.389. The Morgan fingerprint density at radius 1 is 1.14 bits per heavy atom. The summed E-state index contributed by atoms with van der Waals surface area (Å²) < 4.78 is 52.9. The highest BCUT2D eigenvalue weighted by Gasteiger charge is 2.41. The van der Waals surface area contributed by atoms with Gasteiger partial charge in [-0.1, -0.05) is 17.3 Å². The Morgan fingerprint density at radius 3 is 2.49 bits per heavy atom. The highest BCUT2D eigenvalue weighted by Crippen LogP contribution is 2.32. The second-order valence-electron chi connectivity index (χ2n) is 8.22. The number of hydrogen-bond donors (Lipinski definition) is 0. The average Bonchev–Trinajstić information content (AvgIpc) is 3.52. The molecule has 13 heteroatoms. The number of alkyl halides is 3. The summed E-state index contributed by atoms with van der Waals surface area (Å²) in [7, 11) is 0. The zero-order valence-electron chi connectivity index (χ0n) is 18.1. The van der Waals surface area contributed by atoms with Gasteiger partial charge < -0.3 is 19.6 Å². The third kappa shape index (κ3) is 4.52. The van der Waals surface area contributed by atoms with E-state index in [1.54, 1.807) is 35.0 Å². The number of halogens is 3. The van der Waals surface area contributed by atoms with Crippen LogP contribution in [0.1, 0.15) is 12.5 Å². The van der Waals surface area contributed by atoms with E-state index in [1.807, 2.05) is 6.92 Å². The van der Waals surface area contributed by atoms with E-state index in [1.165, 1.54) is 23.0 Å². The summed E-state index contributed by atoms with van der Waals surface area (Å²) in [5, 5.41) is 18.9. The van der Waals surface area contributed by atoms with Crippen molar-refractivity contribution in [2.75, 3.05) is 6.61 Å². The maximum absolute atomic E-state index is 12.8. The van der Waals surface area contributed by atoms with Gasteiger partial charge in [-0.25, -0.2) is 4.68 Å². The lowest BCUT2D eigenvalue weighted by Crippen LogP contribution is -2.38. The maximum Gasteiger partial charge on any atom is 0.416 e. The molecule has 0 aliphatic carbocycles. The van der Waals surface area contributed by atoms with Crippen molar-refractivity contribution in [2.45, 2.75) is 25.2 Å². The summed E-state index contributed by atoms with van der Waals surface area (Å²) >= 11 is 0. The van der Waals surface area contributed by atoms with Crippen molar-refractivity contribution < 1.29 is 27.6 Å². The normalized spacial score (nSPS) is 17.1. The summed E-state index contributed by atoms with van der Waals surface area (Å²) in [5.74, 6) is 0.297. The van der Waals surface area contributed by atoms with E-state index in [4.69, 9.17) is 9.47 Å². The van der Waals surface area contributed by atoms with Gasteiger partial charge in [0.1, 0.15) is 24.2 Å². The van der Waals surface area contributed by atoms with Gasteiger partial charge >= 0.3 is 18.0 Å². The number of nitro groups is 1. The molecule has 0 fully saturated rings. The number of hydrogen-bond acceptors (Lipinski definition) is 7. The molecule has 1 aliphatic rings. The predicted octanol–water partition coefficient (Wildman–Crippen LogP) is 4.29. The Kier molecular flexibility index (Phi) is 5.19. The fraction of sp³-hybridized carbons (Fsp3) is 0.227. The summed E-state index contributed by atoms with van der Waals surface area (Å²) in [6.07, 6.45) is -1.46. The van der Waals surface area contributed by atoms with Gasteiger partial charge in [0, 0.05) is 10.5 Å². The fourth-order valence-corrected chi connectivity index (χ4v) is 3.64. The van der Waals surface area contributed by atoms with Gasteiger partial charge in [-0.3, -0.25) is 4.57 Å².